The largest absolute Gasteiger partial charge is 0.494 e. The first kappa shape index (κ1) is 26.5. The van der Waals surface area contributed by atoms with E-state index in [-0.39, 0.29) is 11.4 Å². The van der Waals surface area contributed by atoms with E-state index in [2.05, 4.69) is 64.4 Å². The minimum atomic E-state index is -1.03. The molecule has 0 radical (unpaired) electrons. The summed E-state index contributed by atoms with van der Waals surface area (Å²) in [5.74, 6) is 0.329. The molecule has 0 aliphatic carbocycles. The highest BCUT2D eigenvalue weighted by molar-refractivity contribution is 5.98. The number of hydrogen-bond donors (Lipinski definition) is 2. The molecule has 2 aliphatic rings. The van der Waals surface area contributed by atoms with Crippen LogP contribution in [0.3, 0.4) is 0 Å². The number of anilines is 2. The van der Waals surface area contributed by atoms with Gasteiger partial charge in [0.2, 0.25) is 11.9 Å². The Morgan fingerprint density at radius 2 is 1.79 bits per heavy atom. The van der Waals surface area contributed by atoms with Gasteiger partial charge in [0.05, 0.1) is 18.2 Å². The van der Waals surface area contributed by atoms with Gasteiger partial charge in [-0.3, -0.25) is 14.6 Å². The molecule has 5 rings (SSSR count). The maximum Gasteiger partial charge on any atom is 0.258 e. The minimum absolute atomic E-state index is 0.235. The lowest BCUT2D eigenvalue weighted by atomic mass is 9.79. The molecular formula is C31H35N5O3. The van der Waals surface area contributed by atoms with Crippen LogP contribution in [-0.2, 0) is 11.2 Å². The quantitative estimate of drug-likeness (QED) is 0.434. The molecule has 1 saturated heterocycles. The van der Waals surface area contributed by atoms with E-state index in [4.69, 9.17) is 4.74 Å². The fourth-order valence-corrected chi connectivity index (χ4v) is 5.49. The van der Waals surface area contributed by atoms with E-state index >= 15 is 0 Å². The highest BCUT2D eigenvalue weighted by Crippen LogP contribution is 2.39. The van der Waals surface area contributed by atoms with Crippen LogP contribution >= 0.6 is 0 Å². The molecule has 39 heavy (non-hydrogen) atoms. The molecule has 8 heteroatoms. The summed E-state index contributed by atoms with van der Waals surface area (Å²) >= 11 is 0. The van der Waals surface area contributed by atoms with Crippen molar-refractivity contribution in [2.75, 3.05) is 29.9 Å². The summed E-state index contributed by atoms with van der Waals surface area (Å²) < 4.78 is 5.82. The average Bonchev–Trinajstić information content (AvgIpc) is 2.93. The van der Waals surface area contributed by atoms with Crippen molar-refractivity contribution in [3.05, 3.63) is 81.6 Å². The van der Waals surface area contributed by atoms with Gasteiger partial charge in [0.15, 0.2) is 0 Å². The average molecular weight is 526 g/mol. The lowest BCUT2D eigenvalue weighted by Gasteiger charge is -2.34. The predicted octanol–water partition coefficient (Wildman–Crippen LogP) is 4.88. The zero-order chi connectivity index (χ0) is 27.4. The van der Waals surface area contributed by atoms with Gasteiger partial charge in [-0.15, -0.1) is 0 Å². The van der Waals surface area contributed by atoms with Crippen LogP contribution in [-0.4, -0.2) is 35.6 Å². The number of fused-ring (bicyclic) bond motifs is 1. The molecule has 1 amide bonds. The second kappa shape index (κ2) is 11.7. The Morgan fingerprint density at radius 3 is 2.46 bits per heavy atom. The summed E-state index contributed by atoms with van der Waals surface area (Å²) in [5, 5.41) is 12.6. The fourth-order valence-electron chi connectivity index (χ4n) is 5.49. The molecule has 8 nitrogen and oxygen atoms in total. The molecule has 2 unspecified atom stereocenters. The Kier molecular flexibility index (Phi) is 7.97. The monoisotopic (exact) mass is 525 g/mol. The topological polar surface area (TPSA) is 111 Å². The number of benzene rings is 2. The van der Waals surface area contributed by atoms with Gasteiger partial charge in [-0.25, -0.2) is 0 Å². The van der Waals surface area contributed by atoms with Crippen molar-refractivity contribution in [2.24, 2.45) is 17.8 Å². The van der Waals surface area contributed by atoms with Crippen molar-refractivity contribution in [1.82, 2.24) is 9.97 Å². The SMILES string of the molecule is CC(C)CCOc1ccc(C2c3c(nc(N4CCC(Cc5ccccc5)CC4)[nH]c3=O)NC(=O)C2C#N)cc1. The number of nitriles is 1. The lowest BCUT2D eigenvalue weighted by molar-refractivity contribution is -0.119. The molecule has 2 aromatic carbocycles. The summed E-state index contributed by atoms with van der Waals surface area (Å²) in [4.78, 5) is 36.1. The van der Waals surface area contributed by atoms with Crippen LogP contribution in [0.1, 0.15) is 55.7 Å². The first-order valence-electron chi connectivity index (χ1n) is 13.8. The van der Waals surface area contributed by atoms with E-state index in [1.807, 2.05) is 30.3 Å². The van der Waals surface area contributed by atoms with Gasteiger partial charge in [0.25, 0.3) is 5.56 Å². The standard InChI is InChI=1S/C31H35N5O3/c1-20(2)14-17-39-24-10-8-23(9-11-24)26-25(19-32)29(37)33-28-27(26)30(38)35-31(34-28)36-15-12-22(13-16-36)18-21-6-4-3-5-7-21/h3-11,20,22,25-26H,12-18H2,1-2H3,(H2,33,34,35,37,38). The molecule has 202 valence electrons. The number of aromatic nitrogens is 2. The van der Waals surface area contributed by atoms with Crippen LogP contribution in [0.5, 0.6) is 5.75 Å². The van der Waals surface area contributed by atoms with E-state index in [9.17, 15) is 14.9 Å². The van der Waals surface area contributed by atoms with Gasteiger partial charge >= 0.3 is 0 Å². The Labute approximate surface area is 229 Å². The molecule has 0 spiro atoms. The number of H-pyrrole nitrogens is 1. The summed E-state index contributed by atoms with van der Waals surface area (Å²) in [7, 11) is 0. The number of nitrogens with one attached hydrogen (secondary N) is 2. The first-order chi connectivity index (χ1) is 18.9. The molecule has 0 saturated carbocycles. The first-order valence-corrected chi connectivity index (χ1v) is 13.8. The number of carbonyl (C=O) groups is 1. The molecule has 3 heterocycles. The van der Waals surface area contributed by atoms with Crippen molar-refractivity contribution < 1.29 is 9.53 Å². The molecule has 2 atom stereocenters. The third-order valence-corrected chi connectivity index (χ3v) is 7.73. The van der Waals surface area contributed by atoms with Crippen LogP contribution in [0.2, 0.25) is 0 Å². The van der Waals surface area contributed by atoms with Crippen molar-refractivity contribution in [3.63, 3.8) is 0 Å². The van der Waals surface area contributed by atoms with E-state index in [0.717, 1.165) is 38.8 Å². The van der Waals surface area contributed by atoms with Crippen molar-refractivity contribution in [1.29, 1.82) is 5.26 Å². The Balaban J connectivity index is 1.35. The van der Waals surface area contributed by atoms with Crippen LogP contribution in [0.25, 0.3) is 0 Å². The van der Waals surface area contributed by atoms with Crippen LogP contribution < -0.4 is 20.5 Å². The summed E-state index contributed by atoms with van der Waals surface area (Å²) in [5.41, 5.74) is 2.03. The molecule has 0 bridgehead atoms. The molecule has 1 aromatic heterocycles. The molecule has 2 N–H and O–H groups in total. The van der Waals surface area contributed by atoms with E-state index in [0.29, 0.717) is 41.3 Å². The van der Waals surface area contributed by atoms with E-state index < -0.39 is 17.7 Å². The van der Waals surface area contributed by atoms with Gasteiger partial charge in [-0.2, -0.15) is 10.2 Å². The zero-order valence-electron chi connectivity index (χ0n) is 22.5. The normalized spacial score (nSPS) is 19.3. The van der Waals surface area contributed by atoms with Crippen molar-refractivity contribution >= 4 is 17.7 Å². The van der Waals surface area contributed by atoms with Crippen molar-refractivity contribution in [2.45, 2.75) is 45.4 Å². The lowest BCUT2D eigenvalue weighted by Crippen LogP contribution is -2.41. The highest BCUT2D eigenvalue weighted by Gasteiger charge is 2.40. The number of aromatic amines is 1. The van der Waals surface area contributed by atoms with E-state index in [1.165, 1.54) is 5.56 Å². The Hall–Kier alpha value is -4.12. The maximum atomic E-state index is 13.4. The molecule has 3 aromatic rings. The third-order valence-electron chi connectivity index (χ3n) is 7.73. The maximum absolute atomic E-state index is 13.4. The van der Waals surface area contributed by atoms with Crippen molar-refractivity contribution in [3.8, 4) is 11.8 Å². The number of amides is 1. The molecule has 1 fully saturated rings. The summed E-state index contributed by atoms with van der Waals surface area (Å²) in [6.07, 6.45) is 3.97. The third kappa shape index (κ3) is 5.98. The zero-order valence-corrected chi connectivity index (χ0v) is 22.5. The second-order valence-corrected chi connectivity index (χ2v) is 10.9. The van der Waals surface area contributed by atoms with Crippen LogP contribution in [0, 0.1) is 29.1 Å². The summed E-state index contributed by atoms with van der Waals surface area (Å²) in [6.45, 7) is 6.45. The number of ether oxygens (including phenoxy) is 1. The predicted molar refractivity (Wildman–Crippen MR) is 151 cm³/mol. The van der Waals surface area contributed by atoms with Gasteiger partial charge in [0, 0.05) is 19.0 Å². The highest BCUT2D eigenvalue weighted by atomic mass is 16.5. The number of piperidine rings is 1. The Bertz CT molecular complexity index is 1390. The summed E-state index contributed by atoms with van der Waals surface area (Å²) in [6, 6.07) is 19.9. The molecular weight excluding hydrogens is 490 g/mol. The van der Waals surface area contributed by atoms with Crippen LogP contribution in [0.4, 0.5) is 11.8 Å². The van der Waals surface area contributed by atoms with Gasteiger partial charge < -0.3 is 15.0 Å². The van der Waals surface area contributed by atoms with Gasteiger partial charge in [0.1, 0.15) is 17.5 Å². The van der Waals surface area contributed by atoms with Gasteiger partial charge in [-0.05, 0) is 60.8 Å². The van der Waals surface area contributed by atoms with Crippen LogP contribution in [0.15, 0.2) is 59.4 Å². The Morgan fingerprint density at radius 1 is 1.08 bits per heavy atom. The smallest absolute Gasteiger partial charge is 0.258 e. The fraction of sp³-hybridized carbons (Fsp3) is 0.419. The number of nitrogens with zero attached hydrogens (tertiary/aromatic N) is 3. The number of rotatable bonds is 8. The van der Waals surface area contributed by atoms with E-state index in [1.54, 1.807) is 0 Å². The molecule has 2 aliphatic heterocycles. The number of hydrogen-bond acceptors (Lipinski definition) is 6. The minimum Gasteiger partial charge on any atom is -0.494 e. The van der Waals surface area contributed by atoms with Gasteiger partial charge in [-0.1, -0.05) is 56.3 Å². The number of carbonyl (C=O) groups excluding carboxylic acids is 1. The second-order valence-electron chi connectivity index (χ2n) is 10.9.